The molecule has 0 unspecified atom stereocenters. The lowest BCUT2D eigenvalue weighted by molar-refractivity contribution is 0.181. The fourth-order valence-corrected chi connectivity index (χ4v) is 5.19. The second kappa shape index (κ2) is 7.20. The maximum Gasteiger partial charge on any atom is 0.282 e. The van der Waals surface area contributed by atoms with Crippen molar-refractivity contribution in [2.45, 2.75) is 57.9 Å². The summed E-state index contributed by atoms with van der Waals surface area (Å²) in [4.78, 5) is 0. The Bertz CT molecular complexity index is 385. The summed E-state index contributed by atoms with van der Waals surface area (Å²) in [7, 11) is -3.40. The van der Waals surface area contributed by atoms with E-state index >= 15 is 0 Å². The van der Waals surface area contributed by atoms with Gasteiger partial charge in [0.2, 0.25) is 0 Å². The van der Waals surface area contributed by atoms with E-state index in [1.54, 1.807) is 8.61 Å². The van der Waals surface area contributed by atoms with Gasteiger partial charge >= 0.3 is 0 Å². The third-order valence-corrected chi connectivity index (χ3v) is 6.76. The van der Waals surface area contributed by atoms with Crippen LogP contribution in [0.5, 0.6) is 0 Å². The second-order valence-electron chi connectivity index (χ2n) is 6.22. The van der Waals surface area contributed by atoms with Crippen molar-refractivity contribution >= 4 is 10.2 Å². The highest BCUT2D eigenvalue weighted by Gasteiger charge is 2.36. The van der Waals surface area contributed by atoms with Crippen molar-refractivity contribution in [3.8, 4) is 0 Å². The number of aliphatic hydroxyl groups excluding tert-OH is 1. The molecule has 1 aliphatic heterocycles. The van der Waals surface area contributed by atoms with Crippen LogP contribution in [-0.4, -0.2) is 54.4 Å². The molecule has 0 spiro atoms. The van der Waals surface area contributed by atoms with Gasteiger partial charge in [-0.1, -0.05) is 26.2 Å². The van der Waals surface area contributed by atoms with Crippen LogP contribution in [0, 0.1) is 5.92 Å². The van der Waals surface area contributed by atoms with Crippen molar-refractivity contribution < 1.29 is 13.5 Å². The summed E-state index contributed by atoms with van der Waals surface area (Å²) >= 11 is 0. The minimum absolute atomic E-state index is 0.0836. The summed E-state index contributed by atoms with van der Waals surface area (Å²) in [6.07, 6.45) is 7.14. The van der Waals surface area contributed by atoms with Gasteiger partial charge in [0.1, 0.15) is 0 Å². The van der Waals surface area contributed by atoms with Gasteiger partial charge in [-0.25, -0.2) is 0 Å². The first-order valence-corrected chi connectivity index (χ1v) is 9.33. The summed E-state index contributed by atoms with van der Waals surface area (Å²) in [6.45, 7) is 3.56. The number of hydrogen-bond donors (Lipinski definition) is 1. The first-order chi connectivity index (χ1) is 9.55. The highest BCUT2D eigenvalue weighted by Crippen LogP contribution is 2.27. The van der Waals surface area contributed by atoms with Crippen LogP contribution in [0.2, 0.25) is 0 Å². The molecule has 0 aromatic carbocycles. The van der Waals surface area contributed by atoms with Crippen LogP contribution in [0.15, 0.2) is 0 Å². The first-order valence-electron chi connectivity index (χ1n) is 7.93. The topological polar surface area (TPSA) is 60.9 Å². The molecule has 0 aromatic rings. The largest absolute Gasteiger partial charge is 0.395 e. The number of rotatable bonds is 5. The molecule has 2 rings (SSSR count). The average molecular weight is 304 g/mol. The Labute approximate surface area is 123 Å². The molecule has 1 saturated heterocycles. The fraction of sp³-hybridized carbons (Fsp3) is 1.00. The van der Waals surface area contributed by atoms with Crippen LogP contribution in [0.3, 0.4) is 0 Å². The van der Waals surface area contributed by atoms with E-state index in [4.69, 9.17) is 0 Å². The summed E-state index contributed by atoms with van der Waals surface area (Å²) in [5.74, 6) is 0.613. The lowest BCUT2D eigenvalue weighted by Crippen LogP contribution is -2.52. The highest BCUT2D eigenvalue weighted by molar-refractivity contribution is 7.86. The maximum absolute atomic E-state index is 12.8. The summed E-state index contributed by atoms with van der Waals surface area (Å²) in [5, 5.41) is 9.25. The molecule has 2 aliphatic rings. The van der Waals surface area contributed by atoms with Crippen LogP contribution in [0.1, 0.15) is 51.9 Å². The van der Waals surface area contributed by atoms with Gasteiger partial charge in [0.15, 0.2) is 0 Å². The van der Waals surface area contributed by atoms with E-state index in [0.717, 1.165) is 38.5 Å². The predicted molar refractivity (Wildman–Crippen MR) is 79.6 cm³/mol. The third-order valence-electron chi connectivity index (χ3n) is 4.67. The average Bonchev–Trinajstić information content (AvgIpc) is 2.46. The molecule has 0 amide bonds. The van der Waals surface area contributed by atoms with Gasteiger partial charge in [0.25, 0.3) is 10.2 Å². The highest BCUT2D eigenvalue weighted by atomic mass is 32.2. The molecule has 1 aliphatic carbocycles. The lowest BCUT2D eigenvalue weighted by atomic mass is 9.95. The second-order valence-corrected chi connectivity index (χ2v) is 8.10. The zero-order valence-corrected chi connectivity index (χ0v) is 13.3. The van der Waals surface area contributed by atoms with Gasteiger partial charge < -0.3 is 5.11 Å². The third kappa shape index (κ3) is 3.72. The molecule has 0 atom stereocenters. The van der Waals surface area contributed by atoms with E-state index in [-0.39, 0.29) is 19.2 Å². The Morgan fingerprint density at radius 1 is 1.10 bits per heavy atom. The van der Waals surface area contributed by atoms with E-state index in [9.17, 15) is 13.5 Å². The van der Waals surface area contributed by atoms with Gasteiger partial charge in [-0.15, -0.1) is 0 Å². The molecule has 1 heterocycles. The number of hydrogen-bond acceptors (Lipinski definition) is 3. The normalized spacial score (nSPS) is 24.4. The molecular formula is C14H28N2O3S. The summed E-state index contributed by atoms with van der Waals surface area (Å²) in [6, 6.07) is 0.0836. The van der Waals surface area contributed by atoms with Crippen molar-refractivity contribution in [1.82, 2.24) is 8.61 Å². The molecule has 118 valence electrons. The zero-order chi connectivity index (χ0) is 14.6. The van der Waals surface area contributed by atoms with Crippen LogP contribution in [-0.2, 0) is 10.2 Å². The Kier molecular flexibility index (Phi) is 5.84. The Morgan fingerprint density at radius 3 is 2.25 bits per heavy atom. The summed E-state index contributed by atoms with van der Waals surface area (Å²) < 4.78 is 28.8. The quantitative estimate of drug-likeness (QED) is 0.839. The van der Waals surface area contributed by atoms with E-state index in [1.165, 1.54) is 6.42 Å². The van der Waals surface area contributed by atoms with Crippen molar-refractivity contribution in [2.75, 3.05) is 26.2 Å². The first kappa shape index (κ1) is 16.2. The lowest BCUT2D eigenvalue weighted by Gasteiger charge is -2.38. The van der Waals surface area contributed by atoms with E-state index < -0.39 is 10.2 Å². The van der Waals surface area contributed by atoms with E-state index in [0.29, 0.717) is 19.0 Å². The monoisotopic (exact) mass is 304 g/mol. The van der Waals surface area contributed by atoms with Crippen molar-refractivity contribution in [3.05, 3.63) is 0 Å². The molecule has 20 heavy (non-hydrogen) atoms. The fourth-order valence-electron chi connectivity index (χ4n) is 3.32. The van der Waals surface area contributed by atoms with Gasteiger partial charge in [0.05, 0.1) is 6.61 Å². The van der Waals surface area contributed by atoms with Crippen molar-refractivity contribution in [2.24, 2.45) is 5.92 Å². The Hall–Kier alpha value is -0.170. The molecular weight excluding hydrogens is 276 g/mol. The molecule has 6 heteroatoms. The minimum atomic E-state index is -3.40. The smallest absolute Gasteiger partial charge is 0.282 e. The predicted octanol–water partition coefficient (Wildman–Crippen LogP) is 1.59. The molecule has 1 N–H and O–H groups in total. The minimum Gasteiger partial charge on any atom is -0.395 e. The summed E-state index contributed by atoms with van der Waals surface area (Å²) in [5.41, 5.74) is 0. The zero-order valence-electron chi connectivity index (χ0n) is 12.5. The molecule has 0 radical (unpaired) electrons. The van der Waals surface area contributed by atoms with Crippen LogP contribution in [0.25, 0.3) is 0 Å². The molecule has 5 nitrogen and oxygen atoms in total. The Balaban J connectivity index is 2.09. The van der Waals surface area contributed by atoms with Gasteiger partial charge in [-0.2, -0.15) is 17.0 Å². The van der Waals surface area contributed by atoms with Crippen LogP contribution < -0.4 is 0 Å². The number of piperidine rings is 1. The number of aliphatic hydroxyl groups is 1. The molecule has 1 saturated carbocycles. The SMILES string of the molecule is CC1CCN(S(=O)(=O)N(CCO)C2CCCCC2)CC1. The molecule has 0 bridgehead atoms. The van der Waals surface area contributed by atoms with Crippen molar-refractivity contribution in [1.29, 1.82) is 0 Å². The van der Waals surface area contributed by atoms with Crippen LogP contribution >= 0.6 is 0 Å². The van der Waals surface area contributed by atoms with E-state index in [2.05, 4.69) is 6.92 Å². The molecule has 0 aromatic heterocycles. The standard InChI is InChI=1S/C14H28N2O3S/c1-13-7-9-15(10-8-13)20(18,19)16(11-12-17)14-5-3-2-4-6-14/h13-14,17H,2-12H2,1H3. The van der Waals surface area contributed by atoms with Crippen LogP contribution in [0.4, 0.5) is 0 Å². The van der Waals surface area contributed by atoms with E-state index in [1.807, 2.05) is 0 Å². The number of nitrogens with zero attached hydrogens (tertiary/aromatic N) is 2. The van der Waals surface area contributed by atoms with Crippen molar-refractivity contribution in [3.63, 3.8) is 0 Å². The maximum atomic E-state index is 12.8. The van der Waals surface area contributed by atoms with Gasteiger partial charge in [-0.05, 0) is 31.6 Å². The Morgan fingerprint density at radius 2 is 1.70 bits per heavy atom. The van der Waals surface area contributed by atoms with Gasteiger partial charge in [-0.3, -0.25) is 0 Å². The molecule has 2 fully saturated rings. The van der Waals surface area contributed by atoms with Gasteiger partial charge in [0, 0.05) is 25.7 Å².